The van der Waals surface area contributed by atoms with Gasteiger partial charge in [0.25, 0.3) is 0 Å². The van der Waals surface area contributed by atoms with Gasteiger partial charge in [-0.1, -0.05) is 30.3 Å². The predicted octanol–water partition coefficient (Wildman–Crippen LogP) is 3.72. The summed E-state index contributed by atoms with van der Waals surface area (Å²) in [6.45, 7) is 0. The van der Waals surface area contributed by atoms with Gasteiger partial charge in [-0.15, -0.1) is 0 Å². The minimum Gasteiger partial charge on any atom is -0.508 e. The molecule has 5 rings (SSSR count). The summed E-state index contributed by atoms with van der Waals surface area (Å²) < 4.78 is 14.3. The third-order valence-corrected chi connectivity index (χ3v) is 5.40. The molecule has 0 bridgehead atoms. The summed E-state index contributed by atoms with van der Waals surface area (Å²) >= 11 is 0. The molecule has 1 unspecified atom stereocenters. The molecule has 0 radical (unpaired) electrons. The Kier molecular flexibility index (Phi) is 3.34. The average Bonchev–Trinajstić information content (AvgIpc) is 3.21. The van der Waals surface area contributed by atoms with Crippen molar-refractivity contribution in [3.8, 4) is 5.75 Å². The Morgan fingerprint density at radius 3 is 2.57 bits per heavy atom. The van der Waals surface area contributed by atoms with Crippen LogP contribution in [-0.2, 0) is 10.2 Å². The number of phenolic OH excluding ortho intramolecular Hbond substituents is 1. The van der Waals surface area contributed by atoms with Gasteiger partial charge in [0, 0.05) is 23.9 Å². The number of nitrogens with one attached hydrogen (secondary N) is 1. The van der Waals surface area contributed by atoms with Gasteiger partial charge in [-0.2, -0.15) is 0 Å². The number of aromatic hydroxyl groups is 1. The van der Waals surface area contributed by atoms with Crippen LogP contribution in [-0.4, -0.2) is 28.0 Å². The molecule has 0 saturated carbocycles. The maximum atomic E-state index is 14.3. The molecule has 1 aliphatic heterocycles. The molecule has 0 spiro atoms. The molecule has 3 aromatic carbocycles. The van der Waals surface area contributed by atoms with Gasteiger partial charge in [0.2, 0.25) is 5.91 Å². The lowest BCUT2D eigenvalue weighted by atomic mass is 9.74. The lowest BCUT2D eigenvalue weighted by Crippen LogP contribution is -2.41. The summed E-state index contributed by atoms with van der Waals surface area (Å²) in [5.41, 5.74) is 1.35. The molecule has 28 heavy (non-hydrogen) atoms. The summed E-state index contributed by atoms with van der Waals surface area (Å²) in [6, 6.07) is 18.3. The molecule has 4 aromatic rings. The fraction of sp³-hybridized carbons (Fsp3) is 0.0909. The maximum absolute atomic E-state index is 14.3. The van der Waals surface area contributed by atoms with E-state index in [1.165, 1.54) is 23.1 Å². The van der Waals surface area contributed by atoms with Gasteiger partial charge < -0.3 is 15.0 Å². The molecule has 1 amide bonds. The maximum Gasteiger partial charge on any atom is 0.249 e. The Labute approximate surface area is 160 Å². The third-order valence-electron chi connectivity index (χ3n) is 5.40. The number of imidazole rings is 1. The molecule has 0 saturated heterocycles. The number of carbonyl (C=O) groups is 1. The van der Waals surface area contributed by atoms with Crippen molar-refractivity contribution in [1.82, 2.24) is 9.97 Å². The molecule has 1 atom stereocenters. The average molecular weight is 373 g/mol. The van der Waals surface area contributed by atoms with Gasteiger partial charge in [-0.3, -0.25) is 4.79 Å². The highest BCUT2D eigenvalue weighted by atomic mass is 19.1. The number of phenols is 1. The van der Waals surface area contributed by atoms with E-state index in [4.69, 9.17) is 0 Å². The molecule has 6 heteroatoms. The molecular weight excluding hydrogens is 357 g/mol. The van der Waals surface area contributed by atoms with Crippen molar-refractivity contribution in [2.45, 2.75) is 5.41 Å². The molecule has 2 heterocycles. The molecule has 2 N–H and O–H groups in total. The third kappa shape index (κ3) is 2.00. The van der Waals surface area contributed by atoms with Crippen molar-refractivity contribution in [2.75, 3.05) is 11.9 Å². The minimum absolute atomic E-state index is 0.0539. The number of halogens is 1. The predicted molar refractivity (Wildman–Crippen MR) is 104 cm³/mol. The van der Waals surface area contributed by atoms with Gasteiger partial charge in [0.05, 0.1) is 11.0 Å². The van der Waals surface area contributed by atoms with E-state index in [1.54, 1.807) is 31.3 Å². The number of benzene rings is 3. The van der Waals surface area contributed by atoms with Crippen LogP contribution < -0.4 is 4.90 Å². The van der Waals surface area contributed by atoms with Crippen molar-refractivity contribution >= 4 is 22.6 Å². The van der Waals surface area contributed by atoms with E-state index in [0.29, 0.717) is 28.2 Å². The van der Waals surface area contributed by atoms with Crippen LogP contribution in [0.5, 0.6) is 5.75 Å². The first-order valence-electron chi connectivity index (χ1n) is 8.85. The summed E-state index contributed by atoms with van der Waals surface area (Å²) in [5.74, 6) is -0.482. The van der Waals surface area contributed by atoms with E-state index in [2.05, 4.69) is 9.97 Å². The van der Waals surface area contributed by atoms with E-state index in [1.807, 2.05) is 24.3 Å². The normalized spacial score (nSPS) is 18.6. The number of aromatic amines is 1. The van der Waals surface area contributed by atoms with Gasteiger partial charge >= 0.3 is 0 Å². The monoisotopic (exact) mass is 373 g/mol. The quantitative estimate of drug-likeness (QED) is 0.563. The molecule has 138 valence electrons. The van der Waals surface area contributed by atoms with Gasteiger partial charge in [-0.25, -0.2) is 9.37 Å². The van der Waals surface area contributed by atoms with Crippen LogP contribution in [0.4, 0.5) is 10.1 Å². The zero-order valence-corrected chi connectivity index (χ0v) is 15.0. The fourth-order valence-corrected chi connectivity index (χ4v) is 4.12. The summed E-state index contributed by atoms with van der Waals surface area (Å²) in [7, 11) is 1.64. The molecule has 5 nitrogen and oxygen atoms in total. The Balaban J connectivity index is 1.94. The number of H-pyrrole nitrogens is 1. The molecular formula is C22H16FN3O2. The number of hydrogen-bond donors (Lipinski definition) is 2. The van der Waals surface area contributed by atoms with Crippen LogP contribution in [0, 0.1) is 5.82 Å². The number of anilines is 1. The summed E-state index contributed by atoms with van der Waals surface area (Å²) in [6.07, 6.45) is 0. The number of amides is 1. The van der Waals surface area contributed by atoms with E-state index in [9.17, 15) is 14.3 Å². The number of hydrogen-bond acceptors (Lipinski definition) is 3. The smallest absolute Gasteiger partial charge is 0.249 e. The van der Waals surface area contributed by atoms with E-state index >= 15 is 0 Å². The van der Waals surface area contributed by atoms with Crippen LogP contribution in [0.3, 0.4) is 0 Å². The van der Waals surface area contributed by atoms with Crippen LogP contribution in [0.1, 0.15) is 17.0 Å². The van der Waals surface area contributed by atoms with E-state index in [0.717, 1.165) is 5.52 Å². The second-order valence-electron chi connectivity index (χ2n) is 6.90. The number of aromatic nitrogens is 2. The largest absolute Gasteiger partial charge is 0.508 e. The highest BCUT2D eigenvalue weighted by Crippen LogP contribution is 2.51. The second kappa shape index (κ2) is 5.66. The molecule has 1 aromatic heterocycles. The first kappa shape index (κ1) is 16.5. The second-order valence-corrected chi connectivity index (χ2v) is 6.90. The van der Waals surface area contributed by atoms with Crippen molar-refractivity contribution in [3.05, 3.63) is 89.5 Å². The fourth-order valence-electron chi connectivity index (χ4n) is 4.12. The van der Waals surface area contributed by atoms with Crippen LogP contribution in [0.25, 0.3) is 11.0 Å². The number of carbonyl (C=O) groups excluding carboxylic acids is 1. The van der Waals surface area contributed by atoms with Gasteiger partial charge in [-0.05, 0) is 36.4 Å². The molecule has 0 aliphatic carbocycles. The number of para-hydroxylation sites is 3. The zero-order chi connectivity index (χ0) is 19.5. The van der Waals surface area contributed by atoms with Crippen LogP contribution >= 0.6 is 0 Å². The van der Waals surface area contributed by atoms with Crippen molar-refractivity contribution in [3.63, 3.8) is 0 Å². The van der Waals surface area contributed by atoms with Crippen molar-refractivity contribution in [1.29, 1.82) is 0 Å². The number of rotatable bonds is 2. The summed E-state index contributed by atoms with van der Waals surface area (Å²) in [4.78, 5) is 23.0. The van der Waals surface area contributed by atoms with Gasteiger partial charge in [0.1, 0.15) is 17.4 Å². The standard InChI is InChI=1S/C22H16FN3O2/c1-26-18-11-10-13(23)12-15(18)22(21(26)28,14-6-2-5-9-19(14)27)20-24-16-7-3-4-8-17(16)25-20/h2-12,27H,1H3,(H,24,25). The first-order valence-corrected chi connectivity index (χ1v) is 8.85. The van der Waals surface area contributed by atoms with Crippen LogP contribution in [0.15, 0.2) is 66.7 Å². The Bertz CT molecular complexity index is 1220. The highest BCUT2D eigenvalue weighted by molar-refractivity contribution is 6.12. The van der Waals surface area contributed by atoms with Crippen molar-refractivity contribution < 1.29 is 14.3 Å². The van der Waals surface area contributed by atoms with E-state index < -0.39 is 11.2 Å². The number of likely N-dealkylation sites (N-methyl/N-ethyl adjacent to an activating group) is 1. The number of fused-ring (bicyclic) bond motifs is 2. The van der Waals surface area contributed by atoms with E-state index in [-0.39, 0.29) is 11.7 Å². The topological polar surface area (TPSA) is 69.2 Å². The van der Waals surface area contributed by atoms with Crippen LogP contribution in [0.2, 0.25) is 0 Å². The zero-order valence-electron chi connectivity index (χ0n) is 15.0. The minimum atomic E-state index is -1.48. The van der Waals surface area contributed by atoms with Crippen molar-refractivity contribution in [2.24, 2.45) is 0 Å². The molecule has 1 aliphatic rings. The highest BCUT2D eigenvalue weighted by Gasteiger charge is 2.56. The Hall–Kier alpha value is -3.67. The van der Waals surface area contributed by atoms with Gasteiger partial charge in [0.15, 0.2) is 5.41 Å². The first-order chi connectivity index (χ1) is 13.5. The lowest BCUT2D eigenvalue weighted by molar-refractivity contribution is -0.120. The molecule has 0 fully saturated rings. The SMILES string of the molecule is CN1C(=O)C(c2nc3ccccc3[nH]2)(c2ccccc2O)c2cc(F)ccc21. The Morgan fingerprint density at radius 2 is 1.79 bits per heavy atom. The number of nitrogens with zero attached hydrogens (tertiary/aromatic N) is 2. The lowest BCUT2D eigenvalue weighted by Gasteiger charge is -2.27. The Morgan fingerprint density at radius 1 is 1.04 bits per heavy atom. The summed E-state index contributed by atoms with van der Waals surface area (Å²) in [5, 5.41) is 10.7.